The number of amides is 1. The summed E-state index contributed by atoms with van der Waals surface area (Å²) < 4.78 is 33.5. The van der Waals surface area contributed by atoms with Gasteiger partial charge in [0.2, 0.25) is 0 Å². The number of nitrogens with one attached hydrogen (secondary N) is 2. The fourth-order valence-corrected chi connectivity index (χ4v) is 4.09. The summed E-state index contributed by atoms with van der Waals surface area (Å²) in [4.78, 5) is 12.4. The highest BCUT2D eigenvalue weighted by Crippen LogP contribution is 2.24. The van der Waals surface area contributed by atoms with Crippen molar-refractivity contribution in [1.29, 1.82) is 0 Å². The molecule has 3 aromatic rings. The lowest BCUT2D eigenvalue weighted by atomic mass is 10.2. The number of para-hydroxylation sites is 2. The van der Waals surface area contributed by atoms with Crippen LogP contribution in [0.25, 0.3) is 0 Å². The van der Waals surface area contributed by atoms with Crippen LogP contribution in [0.4, 0.5) is 5.69 Å². The topological polar surface area (TPSA) is 96.9 Å². The summed E-state index contributed by atoms with van der Waals surface area (Å²) in [6, 6.07) is 19.4. The minimum Gasteiger partial charge on any atom is -0.490 e. The summed E-state index contributed by atoms with van der Waals surface area (Å²) >= 11 is 6.03. The molecule has 0 aliphatic rings. The predicted octanol–water partition coefficient (Wildman–Crippen LogP) is 4.69. The normalized spacial score (nSPS) is 11.5. The van der Waals surface area contributed by atoms with Crippen LogP contribution >= 0.6 is 11.6 Å². The molecule has 0 bridgehead atoms. The minimum absolute atomic E-state index is 0.0109. The Morgan fingerprint density at radius 3 is 2.50 bits per heavy atom. The SMILES string of the molecule is CC(C)Oc1ccccc1/C=N/NC(=O)c1cccc(S(=O)(=O)Nc2ccccc2Cl)c1. The van der Waals surface area contributed by atoms with E-state index in [-0.39, 0.29) is 27.3 Å². The first-order valence-corrected chi connectivity index (χ1v) is 11.6. The van der Waals surface area contributed by atoms with Gasteiger partial charge in [-0.05, 0) is 56.3 Å². The molecule has 0 aromatic heterocycles. The van der Waals surface area contributed by atoms with Gasteiger partial charge in [-0.15, -0.1) is 0 Å². The van der Waals surface area contributed by atoms with Gasteiger partial charge in [-0.2, -0.15) is 5.10 Å². The first kappa shape index (κ1) is 23.3. The lowest BCUT2D eigenvalue weighted by Gasteiger charge is -2.11. The number of halogens is 1. The maximum absolute atomic E-state index is 12.7. The molecule has 0 fully saturated rings. The van der Waals surface area contributed by atoms with Crippen LogP contribution in [-0.4, -0.2) is 26.6 Å². The molecule has 7 nitrogen and oxygen atoms in total. The van der Waals surface area contributed by atoms with Gasteiger partial charge < -0.3 is 4.74 Å². The monoisotopic (exact) mass is 471 g/mol. The zero-order chi connectivity index (χ0) is 23.1. The van der Waals surface area contributed by atoms with E-state index >= 15 is 0 Å². The molecule has 0 radical (unpaired) electrons. The lowest BCUT2D eigenvalue weighted by Crippen LogP contribution is -2.19. The third-order valence-electron chi connectivity index (χ3n) is 4.18. The van der Waals surface area contributed by atoms with E-state index in [1.165, 1.54) is 30.5 Å². The molecular weight excluding hydrogens is 450 g/mol. The maximum atomic E-state index is 12.7. The molecular formula is C23H22ClN3O4S. The Balaban J connectivity index is 1.73. The zero-order valence-electron chi connectivity index (χ0n) is 17.4. The van der Waals surface area contributed by atoms with E-state index in [2.05, 4.69) is 15.2 Å². The maximum Gasteiger partial charge on any atom is 0.271 e. The van der Waals surface area contributed by atoms with Crippen LogP contribution in [0.15, 0.2) is 82.8 Å². The van der Waals surface area contributed by atoms with E-state index in [1.54, 1.807) is 30.3 Å². The number of carbonyl (C=O) groups excluding carboxylic acids is 1. The molecule has 0 atom stereocenters. The second-order valence-corrected chi connectivity index (χ2v) is 9.11. The number of hydrazone groups is 1. The number of nitrogens with zero attached hydrogens (tertiary/aromatic N) is 1. The van der Waals surface area contributed by atoms with Gasteiger partial charge >= 0.3 is 0 Å². The average Bonchev–Trinajstić information content (AvgIpc) is 2.76. The van der Waals surface area contributed by atoms with Crippen molar-refractivity contribution in [2.75, 3.05) is 4.72 Å². The van der Waals surface area contributed by atoms with Crippen LogP contribution in [0.3, 0.4) is 0 Å². The standard InChI is InChI=1S/C23H22ClN3O4S/c1-16(2)31-22-13-6-3-8-18(22)15-25-26-23(28)17-9-7-10-19(14-17)32(29,30)27-21-12-5-4-11-20(21)24/h3-16,27H,1-2H3,(H,26,28)/b25-15+. The van der Waals surface area contributed by atoms with Crippen molar-refractivity contribution >= 4 is 39.4 Å². The number of rotatable bonds is 8. The van der Waals surface area contributed by atoms with Gasteiger partial charge in [-0.25, -0.2) is 13.8 Å². The summed E-state index contributed by atoms with van der Waals surface area (Å²) in [5, 5.41) is 4.23. The highest BCUT2D eigenvalue weighted by molar-refractivity contribution is 7.92. The second-order valence-electron chi connectivity index (χ2n) is 7.02. The van der Waals surface area contributed by atoms with E-state index in [1.807, 2.05) is 32.0 Å². The zero-order valence-corrected chi connectivity index (χ0v) is 19.0. The molecule has 3 rings (SSSR count). The van der Waals surface area contributed by atoms with Crippen molar-refractivity contribution in [2.24, 2.45) is 5.10 Å². The van der Waals surface area contributed by atoms with Crippen LogP contribution in [0.5, 0.6) is 5.75 Å². The molecule has 1 amide bonds. The second kappa shape index (κ2) is 10.3. The van der Waals surface area contributed by atoms with Crippen LogP contribution in [-0.2, 0) is 10.0 Å². The molecule has 0 aliphatic carbocycles. The number of anilines is 1. The van der Waals surface area contributed by atoms with Gasteiger partial charge in [0, 0.05) is 11.1 Å². The number of hydrogen-bond acceptors (Lipinski definition) is 5. The number of sulfonamides is 1. The first-order valence-electron chi connectivity index (χ1n) is 9.73. The van der Waals surface area contributed by atoms with E-state index < -0.39 is 15.9 Å². The summed E-state index contributed by atoms with van der Waals surface area (Å²) in [5.41, 5.74) is 3.48. The molecule has 0 spiro atoms. The molecule has 0 aliphatic heterocycles. The van der Waals surface area contributed by atoms with Crippen molar-refractivity contribution in [3.63, 3.8) is 0 Å². The molecule has 32 heavy (non-hydrogen) atoms. The quantitative estimate of drug-likeness (QED) is 0.368. The van der Waals surface area contributed by atoms with E-state index in [0.29, 0.717) is 11.3 Å². The largest absolute Gasteiger partial charge is 0.490 e. The Labute approximate surface area is 192 Å². The molecule has 0 saturated carbocycles. The smallest absolute Gasteiger partial charge is 0.271 e. The van der Waals surface area contributed by atoms with E-state index in [9.17, 15) is 13.2 Å². The summed E-state index contributed by atoms with van der Waals surface area (Å²) in [6.45, 7) is 3.83. The van der Waals surface area contributed by atoms with Gasteiger partial charge in [0.15, 0.2) is 0 Å². The third kappa shape index (κ3) is 6.09. The highest BCUT2D eigenvalue weighted by Gasteiger charge is 2.17. The Bertz CT molecular complexity index is 1240. The van der Waals surface area contributed by atoms with Crippen LogP contribution < -0.4 is 14.9 Å². The fourth-order valence-electron chi connectivity index (χ4n) is 2.73. The third-order valence-corrected chi connectivity index (χ3v) is 5.87. The Morgan fingerprint density at radius 2 is 1.75 bits per heavy atom. The lowest BCUT2D eigenvalue weighted by molar-refractivity contribution is 0.0955. The van der Waals surface area contributed by atoms with Gasteiger partial charge in [-0.1, -0.05) is 41.9 Å². The Kier molecular flexibility index (Phi) is 7.50. The van der Waals surface area contributed by atoms with Crippen molar-refractivity contribution < 1.29 is 17.9 Å². The summed E-state index contributed by atoms with van der Waals surface area (Å²) in [5.74, 6) is 0.0811. The molecule has 3 aromatic carbocycles. The predicted molar refractivity (Wildman–Crippen MR) is 126 cm³/mol. The first-order chi connectivity index (χ1) is 15.3. The number of hydrogen-bond donors (Lipinski definition) is 2. The van der Waals surface area contributed by atoms with Crippen molar-refractivity contribution in [3.05, 3.63) is 88.9 Å². The number of benzene rings is 3. The van der Waals surface area contributed by atoms with Gasteiger partial charge in [0.05, 0.1) is 27.9 Å². The van der Waals surface area contributed by atoms with Crippen LogP contribution in [0.2, 0.25) is 5.02 Å². The van der Waals surface area contributed by atoms with Gasteiger partial charge in [0.1, 0.15) is 5.75 Å². The van der Waals surface area contributed by atoms with Crippen LogP contribution in [0.1, 0.15) is 29.8 Å². The molecule has 166 valence electrons. The molecule has 0 saturated heterocycles. The Hall–Kier alpha value is -3.36. The minimum atomic E-state index is -3.94. The fraction of sp³-hybridized carbons (Fsp3) is 0.130. The van der Waals surface area contributed by atoms with E-state index in [0.717, 1.165) is 0 Å². The molecule has 0 heterocycles. The summed E-state index contributed by atoms with van der Waals surface area (Å²) in [7, 11) is -3.94. The van der Waals surface area contributed by atoms with Crippen molar-refractivity contribution in [3.8, 4) is 5.75 Å². The average molecular weight is 472 g/mol. The molecule has 0 unspecified atom stereocenters. The van der Waals surface area contributed by atoms with Crippen molar-refractivity contribution in [2.45, 2.75) is 24.8 Å². The van der Waals surface area contributed by atoms with Gasteiger partial charge in [-0.3, -0.25) is 9.52 Å². The number of ether oxygens (including phenoxy) is 1. The van der Waals surface area contributed by atoms with Crippen LogP contribution in [0, 0.1) is 0 Å². The van der Waals surface area contributed by atoms with E-state index in [4.69, 9.17) is 16.3 Å². The molecule has 2 N–H and O–H groups in total. The summed E-state index contributed by atoms with van der Waals surface area (Å²) in [6.07, 6.45) is 1.46. The highest BCUT2D eigenvalue weighted by atomic mass is 35.5. The van der Waals surface area contributed by atoms with Gasteiger partial charge in [0.25, 0.3) is 15.9 Å². The van der Waals surface area contributed by atoms with Crippen molar-refractivity contribution in [1.82, 2.24) is 5.43 Å². The Morgan fingerprint density at radius 1 is 1.03 bits per heavy atom. The number of carbonyl (C=O) groups is 1. The molecule has 9 heteroatoms.